The molecule has 0 saturated heterocycles. The van der Waals surface area contributed by atoms with Crippen LogP contribution in [0, 0.1) is 12.8 Å². The molecule has 0 aliphatic rings. The van der Waals surface area contributed by atoms with Crippen molar-refractivity contribution in [2.24, 2.45) is 5.92 Å². The van der Waals surface area contributed by atoms with Crippen molar-refractivity contribution in [3.05, 3.63) is 6.92 Å². The van der Waals surface area contributed by atoms with Crippen LogP contribution in [0.25, 0.3) is 0 Å². The van der Waals surface area contributed by atoms with Crippen LogP contribution in [0.15, 0.2) is 0 Å². The maximum absolute atomic E-state index is 3.93. The van der Waals surface area contributed by atoms with Gasteiger partial charge in [-0.15, -0.1) is 0 Å². The van der Waals surface area contributed by atoms with Crippen molar-refractivity contribution < 1.29 is 0 Å². The second-order valence-electron chi connectivity index (χ2n) is 13.7. The second kappa shape index (κ2) is 36.0. The van der Waals surface area contributed by atoms with Crippen LogP contribution in [0.1, 0.15) is 239 Å². The summed E-state index contributed by atoms with van der Waals surface area (Å²) in [4.78, 5) is 0. The molecule has 0 spiro atoms. The second-order valence-corrected chi connectivity index (χ2v) is 13.7. The Bertz CT molecular complexity index is 397. The highest BCUT2D eigenvalue weighted by Gasteiger charge is 1.98. The first-order chi connectivity index (χ1) is 19.3. The summed E-state index contributed by atoms with van der Waals surface area (Å²) < 4.78 is 0. The van der Waals surface area contributed by atoms with Crippen molar-refractivity contribution in [3.63, 3.8) is 0 Å². The molecule has 0 heteroatoms. The van der Waals surface area contributed by atoms with Crippen LogP contribution in [0.2, 0.25) is 0 Å². The molecule has 39 heavy (non-hydrogen) atoms. The van der Waals surface area contributed by atoms with E-state index in [-0.39, 0.29) is 0 Å². The largest absolute Gasteiger partial charge is 0.0628 e. The van der Waals surface area contributed by atoms with E-state index in [0.29, 0.717) is 0 Å². The normalized spacial score (nSPS) is 11.7. The molecular weight excluding hydrogens is 468 g/mol. The third-order valence-electron chi connectivity index (χ3n) is 9.03. The quantitative estimate of drug-likeness (QED) is 0.0692. The topological polar surface area (TPSA) is 0 Å². The van der Waals surface area contributed by atoms with Crippen LogP contribution < -0.4 is 0 Å². The Morgan fingerprint density at radius 1 is 0.256 bits per heavy atom. The lowest BCUT2D eigenvalue weighted by molar-refractivity contribution is 0.500. The van der Waals surface area contributed by atoms with E-state index in [2.05, 4.69) is 20.8 Å². The monoisotopic (exact) mass is 548 g/mol. The summed E-state index contributed by atoms with van der Waals surface area (Å²) in [6, 6.07) is 0. The fraction of sp³-hybridized carbons (Fsp3) is 0.974. The SMILES string of the molecule is [CH2]CCCCCCCCCCCCCCCCCCCCCCCCCCCCCCCCCCCC(C)C. The molecule has 0 heterocycles. The van der Waals surface area contributed by atoms with E-state index in [1.807, 2.05) is 0 Å². The van der Waals surface area contributed by atoms with E-state index < -0.39 is 0 Å². The standard InChI is InChI=1S/C39H79/c1-4-5-6-7-8-9-10-11-12-13-14-15-16-17-18-19-20-21-22-23-24-25-26-27-28-29-30-31-32-33-34-35-36-37-38-39(2)3/h39H,1,4-38H2,2-3H3. The molecule has 0 N–H and O–H groups in total. The molecule has 0 amide bonds. The summed E-state index contributed by atoms with van der Waals surface area (Å²) in [6.07, 6.45) is 51.3. The van der Waals surface area contributed by atoms with Crippen molar-refractivity contribution in [1.82, 2.24) is 0 Å². The van der Waals surface area contributed by atoms with E-state index >= 15 is 0 Å². The van der Waals surface area contributed by atoms with E-state index in [9.17, 15) is 0 Å². The lowest BCUT2D eigenvalue weighted by Crippen LogP contribution is -1.87. The number of hydrogen-bond acceptors (Lipinski definition) is 0. The van der Waals surface area contributed by atoms with E-state index in [1.54, 1.807) is 0 Å². The fourth-order valence-corrected chi connectivity index (χ4v) is 6.21. The molecule has 0 aromatic rings. The highest BCUT2D eigenvalue weighted by molar-refractivity contribution is 4.53. The van der Waals surface area contributed by atoms with Crippen LogP contribution >= 0.6 is 0 Å². The zero-order valence-corrected chi connectivity index (χ0v) is 28.0. The molecule has 0 aliphatic carbocycles. The molecule has 0 saturated carbocycles. The minimum Gasteiger partial charge on any atom is -0.0628 e. The molecule has 0 bridgehead atoms. The minimum atomic E-state index is 0.896. The van der Waals surface area contributed by atoms with Gasteiger partial charge in [0, 0.05) is 0 Å². The number of unbranched alkanes of at least 4 members (excludes halogenated alkanes) is 33. The average molecular weight is 548 g/mol. The Labute approximate surface area is 251 Å². The average Bonchev–Trinajstić information content (AvgIpc) is 2.93. The highest BCUT2D eigenvalue weighted by Crippen LogP contribution is 2.17. The molecule has 0 aliphatic heterocycles. The lowest BCUT2D eigenvalue weighted by Gasteiger charge is -2.05. The maximum atomic E-state index is 3.93. The van der Waals surface area contributed by atoms with Gasteiger partial charge in [-0.1, -0.05) is 245 Å². The van der Waals surface area contributed by atoms with Gasteiger partial charge < -0.3 is 0 Å². The van der Waals surface area contributed by atoms with Gasteiger partial charge in [-0.3, -0.25) is 0 Å². The van der Waals surface area contributed by atoms with Gasteiger partial charge in [0.1, 0.15) is 0 Å². The van der Waals surface area contributed by atoms with Crippen LogP contribution in [0.3, 0.4) is 0 Å². The third kappa shape index (κ3) is 38.0. The predicted molar refractivity (Wildman–Crippen MR) is 182 cm³/mol. The van der Waals surface area contributed by atoms with Crippen LogP contribution in [-0.4, -0.2) is 0 Å². The number of hydrogen-bond donors (Lipinski definition) is 0. The van der Waals surface area contributed by atoms with Gasteiger partial charge in [0.05, 0.1) is 0 Å². The molecule has 0 fully saturated rings. The molecule has 0 atom stereocenters. The van der Waals surface area contributed by atoms with E-state index in [4.69, 9.17) is 0 Å². The summed E-state index contributed by atoms with van der Waals surface area (Å²) in [6.45, 7) is 8.63. The summed E-state index contributed by atoms with van der Waals surface area (Å²) in [5, 5.41) is 0. The van der Waals surface area contributed by atoms with Crippen molar-refractivity contribution in [3.8, 4) is 0 Å². The molecule has 0 unspecified atom stereocenters. The van der Waals surface area contributed by atoms with Gasteiger partial charge in [0.25, 0.3) is 0 Å². The Morgan fingerprint density at radius 2 is 0.410 bits per heavy atom. The van der Waals surface area contributed by atoms with E-state index in [1.165, 1.54) is 218 Å². The molecule has 235 valence electrons. The van der Waals surface area contributed by atoms with Crippen molar-refractivity contribution in [2.45, 2.75) is 239 Å². The maximum Gasteiger partial charge on any atom is -0.0471 e. The fourth-order valence-electron chi connectivity index (χ4n) is 6.21. The van der Waals surface area contributed by atoms with Gasteiger partial charge in [-0.2, -0.15) is 0 Å². The molecule has 0 rings (SSSR count). The van der Waals surface area contributed by atoms with Crippen molar-refractivity contribution in [2.75, 3.05) is 0 Å². The first kappa shape index (κ1) is 39.0. The van der Waals surface area contributed by atoms with Crippen LogP contribution in [0.5, 0.6) is 0 Å². The Hall–Kier alpha value is 0. The van der Waals surface area contributed by atoms with Crippen molar-refractivity contribution in [1.29, 1.82) is 0 Å². The molecule has 0 nitrogen and oxygen atoms in total. The summed E-state index contributed by atoms with van der Waals surface area (Å²) in [5.74, 6) is 0.896. The highest BCUT2D eigenvalue weighted by atomic mass is 14.0. The van der Waals surface area contributed by atoms with Gasteiger partial charge in [-0.25, -0.2) is 0 Å². The first-order valence-corrected chi connectivity index (χ1v) is 19.1. The van der Waals surface area contributed by atoms with Gasteiger partial charge >= 0.3 is 0 Å². The smallest absolute Gasteiger partial charge is 0.0471 e. The van der Waals surface area contributed by atoms with Crippen LogP contribution in [-0.2, 0) is 0 Å². The summed E-state index contributed by atoms with van der Waals surface area (Å²) in [5.41, 5.74) is 0. The first-order valence-electron chi connectivity index (χ1n) is 19.1. The molecular formula is C39H79. The Balaban J connectivity index is 3.02. The third-order valence-corrected chi connectivity index (χ3v) is 9.03. The molecule has 0 aromatic heterocycles. The van der Waals surface area contributed by atoms with E-state index in [0.717, 1.165) is 12.3 Å². The lowest BCUT2D eigenvalue weighted by atomic mass is 10.0. The van der Waals surface area contributed by atoms with Gasteiger partial charge in [-0.05, 0) is 5.92 Å². The molecule has 1 radical (unpaired) electrons. The summed E-state index contributed by atoms with van der Waals surface area (Å²) >= 11 is 0. The summed E-state index contributed by atoms with van der Waals surface area (Å²) in [7, 11) is 0. The van der Waals surface area contributed by atoms with Gasteiger partial charge in [0.15, 0.2) is 0 Å². The molecule has 0 aromatic carbocycles. The zero-order valence-electron chi connectivity index (χ0n) is 28.0. The van der Waals surface area contributed by atoms with Gasteiger partial charge in [0.2, 0.25) is 0 Å². The minimum absolute atomic E-state index is 0.896. The number of rotatable bonds is 35. The predicted octanol–water partition coefficient (Wildman–Crippen LogP) is 15.1. The Kier molecular flexibility index (Phi) is 36.0. The zero-order chi connectivity index (χ0) is 28.3. The van der Waals surface area contributed by atoms with Crippen LogP contribution in [0.4, 0.5) is 0 Å². The van der Waals surface area contributed by atoms with Crippen molar-refractivity contribution >= 4 is 0 Å². The Morgan fingerprint density at radius 3 is 0.564 bits per heavy atom.